The van der Waals surface area contributed by atoms with Gasteiger partial charge in [-0.2, -0.15) is 18.4 Å². The SMILES string of the molecule is CC[N+]([O-])(O)N1CCN(C2(CNC(=O)C(F)(F)F)CCCCCC2)CC1. The lowest BCUT2D eigenvalue weighted by Crippen LogP contribution is -2.66. The molecule has 0 radical (unpaired) electrons. The highest BCUT2D eigenvalue weighted by Crippen LogP contribution is 2.33. The van der Waals surface area contributed by atoms with Crippen LogP contribution in [0.4, 0.5) is 13.2 Å². The Morgan fingerprint density at radius 2 is 1.69 bits per heavy atom. The van der Waals surface area contributed by atoms with Crippen molar-refractivity contribution < 1.29 is 28.1 Å². The standard InChI is InChI=1S/C16H29F3N4O3/c1-2-23(25,26)22-11-9-21(10-12-22)15(7-5-3-4-6-8-15)13-20-14(24)16(17,18)19/h25H,2-13H2,1H3,(H,20,24). The summed E-state index contributed by atoms with van der Waals surface area (Å²) in [6.45, 7) is 3.18. The molecular formula is C16H29F3N4O3. The molecule has 0 bridgehead atoms. The van der Waals surface area contributed by atoms with Crippen molar-refractivity contribution in [1.29, 1.82) is 0 Å². The van der Waals surface area contributed by atoms with Crippen LogP contribution in [0.5, 0.6) is 0 Å². The van der Waals surface area contributed by atoms with Crippen molar-refractivity contribution in [1.82, 2.24) is 15.2 Å². The van der Waals surface area contributed by atoms with Crippen LogP contribution in [0, 0.1) is 5.21 Å². The van der Waals surface area contributed by atoms with E-state index in [-0.39, 0.29) is 13.1 Å². The van der Waals surface area contributed by atoms with E-state index in [1.54, 1.807) is 6.92 Å². The van der Waals surface area contributed by atoms with Gasteiger partial charge in [0, 0.05) is 25.2 Å². The molecule has 1 aliphatic carbocycles. The van der Waals surface area contributed by atoms with E-state index in [1.165, 1.54) is 5.01 Å². The molecular weight excluding hydrogens is 353 g/mol. The Morgan fingerprint density at radius 1 is 1.15 bits per heavy atom. The predicted octanol–water partition coefficient (Wildman–Crippen LogP) is 2.01. The van der Waals surface area contributed by atoms with Gasteiger partial charge in [0.05, 0.1) is 13.1 Å². The molecule has 7 nitrogen and oxygen atoms in total. The number of carbonyl (C=O) groups excluding carboxylic acids is 1. The van der Waals surface area contributed by atoms with Crippen LogP contribution in [-0.2, 0) is 4.79 Å². The van der Waals surface area contributed by atoms with Crippen LogP contribution in [0.1, 0.15) is 45.4 Å². The van der Waals surface area contributed by atoms with Crippen molar-refractivity contribution >= 4 is 5.91 Å². The molecule has 1 amide bonds. The van der Waals surface area contributed by atoms with Crippen LogP contribution in [0.3, 0.4) is 0 Å². The van der Waals surface area contributed by atoms with Gasteiger partial charge in [0.25, 0.3) is 0 Å². The van der Waals surface area contributed by atoms with E-state index in [0.29, 0.717) is 26.2 Å². The summed E-state index contributed by atoms with van der Waals surface area (Å²) in [6.07, 6.45) is 0.411. The number of hydrogen-bond acceptors (Lipinski definition) is 5. The van der Waals surface area contributed by atoms with Gasteiger partial charge in [-0.3, -0.25) is 9.69 Å². The number of hydrogen-bond donors (Lipinski definition) is 2. The molecule has 1 atom stereocenters. The number of nitrogens with one attached hydrogen (secondary N) is 1. The van der Waals surface area contributed by atoms with E-state index in [9.17, 15) is 28.4 Å². The highest BCUT2D eigenvalue weighted by Gasteiger charge is 2.44. The van der Waals surface area contributed by atoms with E-state index in [4.69, 9.17) is 0 Å². The summed E-state index contributed by atoms with van der Waals surface area (Å²) in [5, 5.41) is 25.3. The number of alkyl halides is 3. The van der Waals surface area contributed by atoms with Gasteiger partial charge in [0.1, 0.15) is 6.54 Å². The Hall–Kier alpha value is -0.940. The lowest BCUT2D eigenvalue weighted by molar-refractivity contribution is -1.15. The quantitative estimate of drug-likeness (QED) is 0.432. The van der Waals surface area contributed by atoms with E-state index in [1.807, 2.05) is 0 Å². The van der Waals surface area contributed by atoms with Gasteiger partial charge >= 0.3 is 12.1 Å². The topological polar surface area (TPSA) is 78.9 Å². The molecule has 1 saturated carbocycles. The zero-order valence-electron chi connectivity index (χ0n) is 15.2. The molecule has 0 spiro atoms. The molecule has 2 N–H and O–H groups in total. The summed E-state index contributed by atoms with van der Waals surface area (Å²) in [4.78, 5) is 12.0. The fourth-order valence-corrected chi connectivity index (χ4v) is 4.02. The number of rotatable bonds is 5. The van der Waals surface area contributed by atoms with Crippen LogP contribution >= 0.6 is 0 Å². The zero-order valence-corrected chi connectivity index (χ0v) is 15.2. The fourth-order valence-electron chi connectivity index (χ4n) is 4.02. The second kappa shape index (κ2) is 8.39. The molecule has 2 aliphatic rings. The van der Waals surface area contributed by atoms with Crippen molar-refractivity contribution in [2.45, 2.75) is 57.2 Å². The minimum absolute atomic E-state index is 0.00673. The highest BCUT2D eigenvalue weighted by molar-refractivity contribution is 5.81. The number of halogens is 3. The summed E-state index contributed by atoms with van der Waals surface area (Å²) < 4.78 is 37.7. The second-order valence-corrected chi connectivity index (χ2v) is 7.24. The van der Waals surface area contributed by atoms with Crippen LogP contribution in [0.15, 0.2) is 0 Å². The first-order valence-corrected chi connectivity index (χ1v) is 9.28. The van der Waals surface area contributed by atoms with E-state index >= 15 is 0 Å². The third-order valence-electron chi connectivity index (χ3n) is 5.65. The number of hydroxylamine groups is 2. The predicted molar refractivity (Wildman–Crippen MR) is 88.6 cm³/mol. The van der Waals surface area contributed by atoms with Crippen LogP contribution < -0.4 is 5.32 Å². The lowest BCUT2D eigenvalue weighted by atomic mass is 9.87. The summed E-state index contributed by atoms with van der Waals surface area (Å²) in [6, 6.07) is 0. The number of nitrogens with zero attached hydrogens (tertiary/aromatic N) is 3. The largest absolute Gasteiger partial charge is 0.578 e. The number of carbonyl (C=O) groups is 1. The van der Waals surface area contributed by atoms with Crippen LogP contribution in [0.25, 0.3) is 0 Å². The Balaban J connectivity index is 2.06. The minimum Gasteiger partial charge on any atom is -0.578 e. The number of piperazine rings is 1. The molecule has 0 aromatic rings. The second-order valence-electron chi connectivity index (χ2n) is 7.24. The van der Waals surface area contributed by atoms with Gasteiger partial charge in [0.15, 0.2) is 0 Å². The Bertz CT molecular complexity index is 472. The summed E-state index contributed by atoms with van der Waals surface area (Å²) in [5.41, 5.74) is -0.524. The molecule has 1 saturated heterocycles. The molecule has 1 aliphatic heterocycles. The molecule has 1 unspecified atom stereocenters. The molecule has 0 aromatic heterocycles. The van der Waals surface area contributed by atoms with Gasteiger partial charge in [-0.15, -0.1) is 9.93 Å². The highest BCUT2D eigenvalue weighted by atomic mass is 19.4. The first-order chi connectivity index (χ1) is 12.1. The van der Waals surface area contributed by atoms with Crippen molar-refractivity contribution in [3.8, 4) is 0 Å². The van der Waals surface area contributed by atoms with E-state index in [2.05, 4.69) is 10.2 Å². The third-order valence-corrected chi connectivity index (χ3v) is 5.65. The van der Waals surface area contributed by atoms with Gasteiger partial charge in [-0.25, -0.2) is 0 Å². The average molecular weight is 382 g/mol. The van der Waals surface area contributed by atoms with Crippen molar-refractivity contribution in [2.24, 2.45) is 0 Å². The Morgan fingerprint density at radius 3 is 2.15 bits per heavy atom. The average Bonchev–Trinajstić information content (AvgIpc) is 2.85. The molecule has 2 fully saturated rings. The fraction of sp³-hybridized carbons (Fsp3) is 0.938. The monoisotopic (exact) mass is 382 g/mol. The summed E-state index contributed by atoms with van der Waals surface area (Å²) >= 11 is 0. The van der Waals surface area contributed by atoms with Gasteiger partial charge in [0.2, 0.25) is 0 Å². The van der Waals surface area contributed by atoms with Crippen molar-refractivity contribution in [3.05, 3.63) is 5.21 Å². The molecule has 2 rings (SSSR count). The van der Waals surface area contributed by atoms with Crippen molar-refractivity contribution in [3.63, 3.8) is 0 Å². The zero-order chi connectivity index (χ0) is 19.4. The normalized spacial score (nSPS) is 25.3. The first kappa shape index (κ1) is 21.4. The molecule has 152 valence electrons. The lowest BCUT2D eigenvalue weighted by Gasteiger charge is -2.50. The molecule has 10 heteroatoms. The Labute approximate surface area is 151 Å². The first-order valence-electron chi connectivity index (χ1n) is 9.28. The number of quaternary nitrogens is 1. The molecule has 0 aromatic carbocycles. The van der Waals surface area contributed by atoms with Crippen LogP contribution in [0.2, 0.25) is 0 Å². The number of amides is 1. The maximum atomic E-state index is 12.6. The summed E-state index contributed by atoms with van der Waals surface area (Å²) in [7, 11) is 0. The minimum atomic E-state index is -4.89. The Kier molecular flexibility index (Phi) is 6.89. The van der Waals surface area contributed by atoms with Gasteiger partial charge in [-0.05, 0) is 19.8 Å². The van der Waals surface area contributed by atoms with E-state index in [0.717, 1.165) is 38.5 Å². The van der Waals surface area contributed by atoms with Crippen molar-refractivity contribution in [2.75, 3.05) is 39.3 Å². The van der Waals surface area contributed by atoms with Gasteiger partial charge in [-0.1, -0.05) is 25.7 Å². The van der Waals surface area contributed by atoms with E-state index < -0.39 is 22.5 Å². The molecule has 1 heterocycles. The smallest absolute Gasteiger partial charge is 0.471 e. The maximum Gasteiger partial charge on any atom is 0.471 e. The third kappa shape index (κ3) is 5.07. The van der Waals surface area contributed by atoms with Gasteiger partial charge < -0.3 is 10.5 Å². The maximum absolute atomic E-state index is 12.6. The van der Waals surface area contributed by atoms with Crippen LogP contribution in [-0.4, -0.2) is 76.9 Å². The molecule has 26 heavy (non-hydrogen) atoms. The summed E-state index contributed by atoms with van der Waals surface area (Å²) in [5.74, 6) is -1.91.